The van der Waals surface area contributed by atoms with E-state index >= 15 is 0 Å². The second-order valence-electron chi connectivity index (χ2n) is 12.0. The van der Waals surface area contributed by atoms with Crippen molar-refractivity contribution in [3.8, 4) is 0 Å². The van der Waals surface area contributed by atoms with Crippen molar-refractivity contribution in [2.45, 2.75) is 100 Å². The highest BCUT2D eigenvalue weighted by Crippen LogP contribution is 2.69. The van der Waals surface area contributed by atoms with E-state index in [1.165, 1.54) is 6.42 Å². The van der Waals surface area contributed by atoms with Crippen LogP contribution < -0.4 is 0 Å². The van der Waals surface area contributed by atoms with E-state index in [1.807, 2.05) is 18.7 Å². The van der Waals surface area contributed by atoms with Gasteiger partial charge in [0.05, 0.1) is 35.8 Å². The second kappa shape index (κ2) is 12.2. The van der Waals surface area contributed by atoms with E-state index in [2.05, 4.69) is 20.1 Å². The number of allylic oxidation sites excluding steroid dienone is 1. The van der Waals surface area contributed by atoms with Crippen molar-refractivity contribution in [1.82, 2.24) is 9.80 Å². The zero-order chi connectivity index (χ0) is 27.6. The number of aliphatic hydroxyl groups excluding tert-OH is 1. The first-order valence-electron chi connectivity index (χ1n) is 14.5. The molecule has 0 aromatic rings. The van der Waals surface area contributed by atoms with E-state index in [0.717, 1.165) is 38.5 Å². The molecule has 0 radical (unpaired) electrons. The van der Waals surface area contributed by atoms with Gasteiger partial charge in [-0.1, -0.05) is 52.2 Å². The Balaban J connectivity index is 1.74. The average Bonchev–Trinajstić information content (AvgIpc) is 3.49. The van der Waals surface area contributed by atoms with Gasteiger partial charge in [-0.05, 0) is 43.9 Å². The molecule has 4 rings (SSSR count). The largest absolute Gasteiger partial charge is 0.465 e. The van der Waals surface area contributed by atoms with Gasteiger partial charge in [0.15, 0.2) is 0 Å². The van der Waals surface area contributed by atoms with Crippen LogP contribution in [0, 0.1) is 23.7 Å². The van der Waals surface area contributed by atoms with E-state index in [0.29, 0.717) is 19.6 Å². The molecule has 2 amide bonds. The van der Waals surface area contributed by atoms with E-state index < -0.39 is 28.7 Å². The quantitative estimate of drug-likeness (QED) is 0.224. The Bertz CT molecular complexity index is 918. The van der Waals surface area contributed by atoms with Gasteiger partial charge in [-0.15, -0.1) is 24.9 Å². The third-order valence-corrected chi connectivity index (χ3v) is 11.5. The molecule has 7 nitrogen and oxygen atoms in total. The number of thioether (sulfide) groups is 1. The predicted octanol–water partition coefficient (Wildman–Crippen LogP) is 4.20. The molecule has 1 aliphatic carbocycles. The number of ether oxygens (including phenoxy) is 1. The first kappa shape index (κ1) is 29.2. The normalized spacial score (nSPS) is 33.3. The Labute approximate surface area is 232 Å². The molecular weight excluding hydrogens is 500 g/mol. The molecule has 4 fully saturated rings. The van der Waals surface area contributed by atoms with E-state index in [9.17, 15) is 19.5 Å². The SMILES string of the molecule is C=CCCCOC(=O)[C@@H]1[C@@H]2CC(C)C3(S2)C(C(=O)N(CC=C)C2CCCCC2)N([C@@H](CO)C(C)C)C(=O)[C@H]13. The van der Waals surface area contributed by atoms with Crippen molar-refractivity contribution in [2.24, 2.45) is 23.7 Å². The van der Waals surface area contributed by atoms with E-state index in [-0.39, 0.29) is 47.5 Å². The number of fused-ring (bicyclic) bond motifs is 1. The molecular formula is C30H46N2O5S. The number of rotatable bonds is 12. The number of esters is 1. The third kappa shape index (κ3) is 4.85. The molecule has 1 N–H and O–H groups in total. The smallest absolute Gasteiger partial charge is 0.310 e. The lowest BCUT2D eigenvalue weighted by Gasteiger charge is -2.44. The van der Waals surface area contributed by atoms with Crippen LogP contribution in [0.3, 0.4) is 0 Å². The van der Waals surface area contributed by atoms with Gasteiger partial charge in [-0.25, -0.2) is 0 Å². The molecule has 38 heavy (non-hydrogen) atoms. The number of hydrogen-bond acceptors (Lipinski definition) is 6. The molecule has 7 atom stereocenters. The predicted molar refractivity (Wildman–Crippen MR) is 150 cm³/mol. The van der Waals surface area contributed by atoms with Gasteiger partial charge in [0.2, 0.25) is 11.8 Å². The maximum absolute atomic E-state index is 14.7. The summed E-state index contributed by atoms with van der Waals surface area (Å²) in [5.41, 5.74) is 0. The van der Waals surface area contributed by atoms with Crippen LogP contribution in [0.5, 0.6) is 0 Å². The van der Waals surface area contributed by atoms with Crippen molar-refractivity contribution >= 4 is 29.5 Å². The second-order valence-corrected chi connectivity index (χ2v) is 13.5. The fraction of sp³-hybridized carbons (Fsp3) is 0.767. The summed E-state index contributed by atoms with van der Waals surface area (Å²) in [5.74, 6) is -1.70. The Morgan fingerprint density at radius 1 is 1.24 bits per heavy atom. The van der Waals surface area contributed by atoms with Gasteiger partial charge >= 0.3 is 5.97 Å². The van der Waals surface area contributed by atoms with Crippen molar-refractivity contribution < 1.29 is 24.2 Å². The zero-order valence-electron chi connectivity index (χ0n) is 23.3. The lowest BCUT2D eigenvalue weighted by atomic mass is 9.66. The van der Waals surface area contributed by atoms with E-state index in [1.54, 1.807) is 28.8 Å². The Hall–Kier alpha value is -1.80. The summed E-state index contributed by atoms with van der Waals surface area (Å²) in [5, 5.41) is 10.4. The Morgan fingerprint density at radius 3 is 2.55 bits per heavy atom. The molecule has 2 bridgehead atoms. The average molecular weight is 547 g/mol. The van der Waals surface area contributed by atoms with Crippen molar-refractivity contribution in [3.63, 3.8) is 0 Å². The van der Waals surface area contributed by atoms with Crippen LogP contribution in [0.15, 0.2) is 25.3 Å². The molecule has 4 aliphatic rings. The molecule has 0 aromatic carbocycles. The summed E-state index contributed by atoms with van der Waals surface area (Å²) in [6.07, 6.45) is 11.1. The number of amides is 2. The van der Waals surface area contributed by atoms with Crippen LogP contribution in [0.25, 0.3) is 0 Å². The van der Waals surface area contributed by atoms with Crippen LogP contribution >= 0.6 is 11.8 Å². The number of hydrogen-bond donors (Lipinski definition) is 1. The maximum atomic E-state index is 14.7. The fourth-order valence-corrected chi connectivity index (χ4v) is 9.98. The molecule has 3 unspecified atom stereocenters. The fourth-order valence-electron chi connectivity index (χ4n) is 7.59. The number of unbranched alkanes of at least 4 members (excludes halogenated alkanes) is 1. The number of likely N-dealkylation sites (tertiary alicyclic amines) is 1. The summed E-state index contributed by atoms with van der Waals surface area (Å²) in [7, 11) is 0. The minimum absolute atomic E-state index is 0.0428. The van der Waals surface area contributed by atoms with Crippen molar-refractivity contribution in [2.75, 3.05) is 19.8 Å². The van der Waals surface area contributed by atoms with Gasteiger partial charge in [0, 0.05) is 17.8 Å². The molecule has 3 saturated heterocycles. The first-order chi connectivity index (χ1) is 18.2. The topological polar surface area (TPSA) is 87.2 Å². The Morgan fingerprint density at radius 2 is 1.95 bits per heavy atom. The van der Waals surface area contributed by atoms with Gasteiger partial charge in [0.25, 0.3) is 0 Å². The molecule has 1 saturated carbocycles. The zero-order valence-corrected chi connectivity index (χ0v) is 24.2. The lowest BCUT2D eigenvalue weighted by Crippen LogP contribution is -2.61. The highest BCUT2D eigenvalue weighted by Gasteiger charge is 2.77. The van der Waals surface area contributed by atoms with Crippen LogP contribution in [0.2, 0.25) is 0 Å². The van der Waals surface area contributed by atoms with Gasteiger partial charge in [0.1, 0.15) is 6.04 Å². The summed E-state index contributed by atoms with van der Waals surface area (Å²) in [4.78, 5) is 46.1. The first-order valence-corrected chi connectivity index (χ1v) is 15.4. The highest BCUT2D eigenvalue weighted by atomic mass is 32.2. The molecule has 3 heterocycles. The minimum Gasteiger partial charge on any atom is -0.465 e. The summed E-state index contributed by atoms with van der Waals surface area (Å²) in [6.45, 7) is 14.3. The summed E-state index contributed by atoms with van der Waals surface area (Å²) < 4.78 is 4.98. The molecule has 0 aromatic heterocycles. The maximum Gasteiger partial charge on any atom is 0.310 e. The van der Waals surface area contributed by atoms with Crippen molar-refractivity contribution in [3.05, 3.63) is 25.3 Å². The van der Waals surface area contributed by atoms with Crippen molar-refractivity contribution in [1.29, 1.82) is 0 Å². The summed E-state index contributed by atoms with van der Waals surface area (Å²) in [6, 6.07) is -1.09. The van der Waals surface area contributed by atoms with Gasteiger partial charge in [-0.2, -0.15) is 0 Å². The van der Waals surface area contributed by atoms with Gasteiger partial charge < -0.3 is 19.6 Å². The molecule has 1 spiro atoms. The van der Waals surface area contributed by atoms with Crippen LogP contribution in [0.4, 0.5) is 0 Å². The third-order valence-electron chi connectivity index (χ3n) is 9.42. The molecule has 8 heteroatoms. The molecule has 3 aliphatic heterocycles. The monoisotopic (exact) mass is 546 g/mol. The number of nitrogens with zero attached hydrogens (tertiary/aromatic N) is 2. The van der Waals surface area contributed by atoms with Crippen LogP contribution in [0.1, 0.15) is 72.1 Å². The number of aliphatic hydroxyl groups is 1. The number of carbonyl (C=O) groups excluding carboxylic acids is 3. The highest BCUT2D eigenvalue weighted by molar-refractivity contribution is 8.02. The van der Waals surface area contributed by atoms with Crippen LogP contribution in [-0.4, -0.2) is 80.6 Å². The molecule has 212 valence electrons. The lowest BCUT2D eigenvalue weighted by molar-refractivity contribution is -0.155. The Kier molecular flexibility index (Phi) is 9.34. The minimum atomic E-state index is -0.718. The van der Waals surface area contributed by atoms with E-state index in [4.69, 9.17) is 4.74 Å². The van der Waals surface area contributed by atoms with Crippen LogP contribution in [-0.2, 0) is 19.1 Å². The standard InChI is InChI=1S/C30H46N2O5S/c1-6-8-12-16-37-29(36)24-23-17-20(5)30(38-23)25(24)27(34)32(22(18-33)19(3)4)26(30)28(35)31(15-7-2)21-13-10-9-11-14-21/h6-7,19-26,33H,1-2,8-18H2,3-5H3/t20?,22-,23-,24+,25-,26?,30?/m0/s1. The summed E-state index contributed by atoms with van der Waals surface area (Å²) >= 11 is 1.67. The van der Waals surface area contributed by atoms with Gasteiger partial charge in [-0.3, -0.25) is 14.4 Å². The number of carbonyl (C=O) groups is 3.